The Morgan fingerprint density at radius 1 is 1.10 bits per heavy atom. The van der Waals surface area contributed by atoms with Crippen molar-refractivity contribution in [3.05, 3.63) is 35.4 Å². The van der Waals surface area contributed by atoms with Gasteiger partial charge >= 0.3 is 7.82 Å². The van der Waals surface area contributed by atoms with Gasteiger partial charge in [0.15, 0.2) is 11.7 Å². The summed E-state index contributed by atoms with van der Waals surface area (Å²) in [4.78, 5) is 16.1. The van der Waals surface area contributed by atoms with Crippen molar-refractivity contribution in [2.75, 3.05) is 13.2 Å². The molecule has 0 N–H and O–H groups in total. The van der Waals surface area contributed by atoms with Crippen molar-refractivity contribution in [3.63, 3.8) is 0 Å². The van der Waals surface area contributed by atoms with Gasteiger partial charge in [0.2, 0.25) is 0 Å². The van der Waals surface area contributed by atoms with Crippen molar-refractivity contribution >= 4 is 19.5 Å². The third kappa shape index (κ3) is 8.49. The predicted octanol–water partition coefficient (Wildman–Crippen LogP) is 5.76. The molecule has 1 aliphatic rings. The number of benzene rings is 1. The smallest absolute Gasteiger partial charge is 0.475 e. The van der Waals surface area contributed by atoms with Gasteiger partial charge < -0.3 is 4.74 Å². The van der Waals surface area contributed by atoms with Crippen LogP contribution in [0.1, 0.15) is 77.7 Å². The first-order valence-corrected chi connectivity index (χ1v) is 12.0. The van der Waals surface area contributed by atoms with E-state index in [0.717, 1.165) is 5.56 Å². The molecule has 0 aliphatic carbocycles. The third-order valence-corrected chi connectivity index (χ3v) is 6.43. The van der Waals surface area contributed by atoms with Gasteiger partial charge in [-0.15, -0.1) is 0 Å². The van der Waals surface area contributed by atoms with Crippen molar-refractivity contribution in [1.29, 1.82) is 0 Å². The van der Waals surface area contributed by atoms with E-state index >= 15 is 0 Å². The van der Waals surface area contributed by atoms with Crippen LogP contribution in [0, 0.1) is 0 Å². The predicted molar refractivity (Wildman–Crippen MR) is 122 cm³/mol. The molecule has 2 rings (SSSR count). The summed E-state index contributed by atoms with van der Waals surface area (Å²) in [6.07, 6.45) is 1.32. The zero-order valence-corrected chi connectivity index (χ0v) is 20.9. The number of phosphoric acid groups is 1. The Balaban J connectivity index is 2.15. The van der Waals surface area contributed by atoms with E-state index in [1.165, 1.54) is 0 Å². The number of Topliss-reactive ketones (excluding diaryl/α,β-unsaturated/α-hetero) is 1. The molecule has 0 amide bonds. The topological polar surface area (TPSA) is 83.4 Å². The van der Waals surface area contributed by atoms with Crippen LogP contribution in [0.5, 0.6) is 0 Å². The van der Waals surface area contributed by atoms with Crippen molar-refractivity contribution < 1.29 is 27.7 Å². The number of ether oxygens (including phenoxy) is 1. The van der Waals surface area contributed by atoms with Crippen LogP contribution in [0.3, 0.4) is 0 Å². The molecular weight excluding hydrogens is 417 g/mol. The Morgan fingerprint density at radius 2 is 1.65 bits per heavy atom. The van der Waals surface area contributed by atoms with Gasteiger partial charge in [-0.2, -0.15) is 0 Å². The highest BCUT2D eigenvalue weighted by Gasteiger charge is 2.42. The number of nitrogens with zero attached hydrogens (tertiary/aromatic N) is 1. The highest BCUT2D eigenvalue weighted by atomic mass is 31.2. The Bertz CT molecular complexity index is 830. The first-order valence-electron chi connectivity index (χ1n) is 10.6. The van der Waals surface area contributed by atoms with Crippen LogP contribution in [0.15, 0.2) is 29.3 Å². The van der Waals surface area contributed by atoms with E-state index in [1.807, 2.05) is 24.3 Å². The number of aryl methyl sites for hydroxylation is 1. The average molecular weight is 454 g/mol. The molecule has 1 atom stereocenters. The molecule has 1 unspecified atom stereocenters. The highest BCUT2D eigenvalue weighted by molar-refractivity contribution is 7.48. The summed E-state index contributed by atoms with van der Waals surface area (Å²) in [6, 6.07) is 7.52. The van der Waals surface area contributed by atoms with Crippen LogP contribution in [-0.4, -0.2) is 41.6 Å². The molecule has 8 heteroatoms. The second-order valence-electron chi connectivity index (χ2n) is 10.0. The lowest BCUT2D eigenvalue weighted by molar-refractivity contribution is -0.00466. The first kappa shape index (κ1) is 25.7. The number of rotatable bonds is 9. The van der Waals surface area contributed by atoms with Gasteiger partial charge in [-0.1, -0.05) is 24.3 Å². The molecule has 0 spiro atoms. The lowest BCUT2D eigenvalue weighted by Gasteiger charge is -2.33. The van der Waals surface area contributed by atoms with Crippen molar-refractivity contribution in [2.24, 2.45) is 4.99 Å². The number of hydrogen-bond donors (Lipinski definition) is 0. The number of ketones is 1. The van der Waals surface area contributed by atoms with Crippen LogP contribution >= 0.6 is 7.82 Å². The fourth-order valence-corrected chi connectivity index (χ4v) is 5.02. The van der Waals surface area contributed by atoms with E-state index in [4.69, 9.17) is 18.3 Å². The molecule has 1 heterocycles. The molecule has 0 bridgehead atoms. The van der Waals surface area contributed by atoms with Gasteiger partial charge in [0.25, 0.3) is 0 Å². The number of hydrogen-bond acceptors (Lipinski definition) is 7. The van der Waals surface area contributed by atoms with Gasteiger partial charge in [-0.3, -0.25) is 18.4 Å². The fourth-order valence-electron chi connectivity index (χ4n) is 3.14. The van der Waals surface area contributed by atoms with Crippen molar-refractivity contribution in [3.8, 4) is 0 Å². The third-order valence-electron chi connectivity index (χ3n) is 4.45. The standard InChI is InChI=1S/C23H36NO6P/c1-17(25)20-11-9-19(10-12-20)13-14-23(15-27-18(2)24-23)16-28-31(26,29-21(3,4)5)30-22(6,7)8/h9-12H,13-16H2,1-8H3. The lowest BCUT2D eigenvalue weighted by atomic mass is 9.93. The maximum Gasteiger partial charge on any atom is 0.475 e. The van der Waals surface area contributed by atoms with Crippen LogP contribution in [-0.2, 0) is 29.3 Å². The minimum absolute atomic E-state index is 0.0364. The number of carbonyl (C=O) groups excluding carboxylic acids is 1. The van der Waals surface area contributed by atoms with E-state index in [0.29, 0.717) is 30.9 Å². The van der Waals surface area contributed by atoms with E-state index in [-0.39, 0.29) is 12.4 Å². The molecule has 0 fully saturated rings. The molecule has 0 saturated heterocycles. The number of carbonyl (C=O) groups is 1. The van der Waals surface area contributed by atoms with Crippen LogP contribution in [0.4, 0.5) is 0 Å². The zero-order chi connectivity index (χ0) is 23.5. The fraction of sp³-hybridized carbons (Fsp3) is 0.652. The Hall–Kier alpha value is -1.53. The van der Waals surface area contributed by atoms with Crippen molar-refractivity contribution in [1.82, 2.24) is 0 Å². The lowest BCUT2D eigenvalue weighted by Crippen LogP contribution is -2.36. The summed E-state index contributed by atoms with van der Waals surface area (Å²) in [5.41, 5.74) is -0.361. The number of phosphoric ester groups is 1. The Kier molecular flexibility index (Phi) is 7.91. The van der Waals surface area contributed by atoms with Gasteiger partial charge in [0.05, 0.1) is 17.8 Å². The second-order valence-corrected chi connectivity index (χ2v) is 11.5. The van der Waals surface area contributed by atoms with E-state index in [1.54, 1.807) is 55.4 Å². The van der Waals surface area contributed by atoms with Crippen LogP contribution in [0.25, 0.3) is 0 Å². The van der Waals surface area contributed by atoms with Gasteiger partial charge in [-0.25, -0.2) is 9.56 Å². The maximum absolute atomic E-state index is 13.4. The molecule has 0 aromatic heterocycles. The van der Waals surface area contributed by atoms with Gasteiger partial charge in [-0.05, 0) is 66.9 Å². The van der Waals surface area contributed by atoms with Crippen LogP contribution < -0.4 is 0 Å². The summed E-state index contributed by atoms with van der Waals surface area (Å²) in [7, 11) is -3.85. The molecule has 174 valence electrons. The monoisotopic (exact) mass is 453 g/mol. The molecule has 7 nitrogen and oxygen atoms in total. The summed E-state index contributed by atoms with van der Waals surface area (Å²) in [5.74, 6) is 0.605. The van der Waals surface area contributed by atoms with Gasteiger partial charge in [0, 0.05) is 12.5 Å². The highest BCUT2D eigenvalue weighted by Crippen LogP contribution is 2.56. The molecule has 1 aliphatic heterocycles. The van der Waals surface area contributed by atoms with E-state index in [9.17, 15) is 9.36 Å². The maximum atomic E-state index is 13.4. The second kappa shape index (κ2) is 9.53. The molecule has 0 saturated carbocycles. The van der Waals surface area contributed by atoms with E-state index in [2.05, 4.69) is 4.99 Å². The summed E-state index contributed by atoms with van der Waals surface area (Å²) in [6.45, 7) is 14.5. The largest absolute Gasteiger partial charge is 0.479 e. The molecular formula is C23H36NO6P. The van der Waals surface area contributed by atoms with Crippen LogP contribution in [0.2, 0.25) is 0 Å². The number of aliphatic imine (C=N–C) groups is 1. The molecule has 0 radical (unpaired) electrons. The Labute approximate surface area is 186 Å². The molecule has 31 heavy (non-hydrogen) atoms. The summed E-state index contributed by atoms with van der Waals surface area (Å²) < 4.78 is 36.3. The zero-order valence-electron chi connectivity index (χ0n) is 20.0. The Morgan fingerprint density at radius 3 is 2.06 bits per heavy atom. The molecule has 1 aromatic rings. The SMILES string of the molecule is CC(=O)c1ccc(CCC2(COP(=O)(OC(C)(C)C)OC(C)(C)C)COC(C)=N2)cc1. The first-order chi connectivity index (χ1) is 14.1. The van der Waals surface area contributed by atoms with Gasteiger partial charge in [0.1, 0.15) is 12.1 Å². The molecule has 1 aromatic carbocycles. The van der Waals surface area contributed by atoms with Crippen molar-refractivity contribution in [2.45, 2.75) is 85.0 Å². The summed E-state index contributed by atoms with van der Waals surface area (Å²) in [5, 5.41) is 0. The summed E-state index contributed by atoms with van der Waals surface area (Å²) >= 11 is 0. The van der Waals surface area contributed by atoms with E-state index < -0.39 is 24.6 Å². The quantitative estimate of drug-likeness (QED) is 0.349. The average Bonchev–Trinajstić information content (AvgIpc) is 2.97. The normalized spacial score (nSPS) is 19.8. The minimum Gasteiger partial charge on any atom is -0.479 e. The minimum atomic E-state index is -3.85.